The highest BCUT2D eigenvalue weighted by molar-refractivity contribution is 6.07. The molecule has 0 radical (unpaired) electrons. The molecule has 1 aliphatic rings. The van der Waals surface area contributed by atoms with Gasteiger partial charge in [0.25, 0.3) is 5.91 Å². The Bertz CT molecular complexity index is 652. The van der Waals surface area contributed by atoms with Crippen molar-refractivity contribution in [3.8, 4) is 0 Å². The van der Waals surface area contributed by atoms with E-state index >= 15 is 0 Å². The second kappa shape index (κ2) is 5.85. The van der Waals surface area contributed by atoms with Crippen molar-refractivity contribution in [2.45, 2.75) is 13.0 Å². The van der Waals surface area contributed by atoms with Crippen molar-refractivity contribution in [1.82, 2.24) is 10.3 Å². The molecule has 1 atom stereocenters. The Morgan fingerprint density at radius 3 is 2.95 bits per heavy atom. The number of para-hydroxylation sites is 1. The summed E-state index contributed by atoms with van der Waals surface area (Å²) in [6.45, 7) is 3.22. The van der Waals surface area contributed by atoms with E-state index in [1.165, 1.54) is 0 Å². The summed E-state index contributed by atoms with van der Waals surface area (Å²) >= 11 is 0. The summed E-state index contributed by atoms with van der Waals surface area (Å²) < 4.78 is 5.86. The lowest BCUT2D eigenvalue weighted by molar-refractivity contribution is 0.0951. The third kappa shape index (κ3) is 2.65. The minimum Gasteiger partial charge on any atom is -0.459 e. The van der Waals surface area contributed by atoms with Crippen molar-refractivity contribution in [3.05, 3.63) is 35.6 Å². The van der Waals surface area contributed by atoms with Gasteiger partial charge in [-0.1, -0.05) is 18.2 Å². The number of nitrogens with one attached hydrogen (secondary N) is 1. The average molecular weight is 288 g/mol. The quantitative estimate of drug-likeness (QED) is 0.439. The fourth-order valence-electron chi connectivity index (χ4n) is 2.98. The van der Waals surface area contributed by atoms with Crippen LogP contribution in [-0.4, -0.2) is 30.4 Å². The first kappa shape index (κ1) is 14.1. The maximum absolute atomic E-state index is 12.1. The Balaban J connectivity index is 1.92. The van der Waals surface area contributed by atoms with Crippen LogP contribution in [0, 0.1) is 5.92 Å². The van der Waals surface area contributed by atoms with Gasteiger partial charge in [0.2, 0.25) is 0 Å². The minimum absolute atomic E-state index is 0.315. The van der Waals surface area contributed by atoms with Crippen molar-refractivity contribution in [2.24, 2.45) is 17.5 Å². The molecule has 0 spiro atoms. The van der Waals surface area contributed by atoms with E-state index in [9.17, 15) is 4.79 Å². The van der Waals surface area contributed by atoms with Gasteiger partial charge in [-0.2, -0.15) is 0 Å². The van der Waals surface area contributed by atoms with Crippen LogP contribution in [0.15, 0.2) is 28.7 Å². The first-order valence-corrected chi connectivity index (χ1v) is 7.16. The fourth-order valence-corrected chi connectivity index (χ4v) is 2.98. The van der Waals surface area contributed by atoms with E-state index in [1.54, 1.807) is 0 Å². The molecule has 2 heterocycles. The van der Waals surface area contributed by atoms with Crippen molar-refractivity contribution >= 4 is 16.9 Å². The Morgan fingerprint density at radius 2 is 2.24 bits per heavy atom. The number of nitrogen functional groups attached to an aromatic ring is 1. The molecule has 21 heavy (non-hydrogen) atoms. The van der Waals surface area contributed by atoms with Gasteiger partial charge in [-0.3, -0.25) is 15.1 Å². The molecule has 0 aliphatic carbocycles. The van der Waals surface area contributed by atoms with Crippen LogP contribution < -0.4 is 17.0 Å². The van der Waals surface area contributed by atoms with Crippen LogP contribution >= 0.6 is 0 Å². The molecule has 5 N–H and O–H groups in total. The Hall–Kier alpha value is -1.89. The van der Waals surface area contributed by atoms with Gasteiger partial charge in [0.15, 0.2) is 0 Å². The molecular weight excluding hydrogens is 268 g/mol. The molecule has 1 saturated heterocycles. The lowest BCUT2D eigenvalue weighted by Crippen LogP contribution is -2.31. The monoisotopic (exact) mass is 288 g/mol. The van der Waals surface area contributed by atoms with Gasteiger partial charge in [0.05, 0.1) is 12.1 Å². The molecule has 1 aliphatic heterocycles. The van der Waals surface area contributed by atoms with Gasteiger partial charge in [0.1, 0.15) is 11.3 Å². The summed E-state index contributed by atoms with van der Waals surface area (Å²) in [5.41, 5.74) is 9.17. The number of nitrogens with zero attached hydrogens (tertiary/aromatic N) is 1. The molecule has 6 nitrogen and oxygen atoms in total. The van der Waals surface area contributed by atoms with Crippen LogP contribution in [0.3, 0.4) is 0 Å². The second-order valence-electron chi connectivity index (χ2n) is 5.50. The van der Waals surface area contributed by atoms with E-state index in [0.717, 1.165) is 24.9 Å². The number of hydrazine groups is 1. The van der Waals surface area contributed by atoms with E-state index in [-0.39, 0.29) is 5.91 Å². The highest BCUT2D eigenvalue weighted by atomic mass is 16.3. The van der Waals surface area contributed by atoms with E-state index in [4.69, 9.17) is 16.0 Å². The molecule has 6 heteroatoms. The standard InChI is InChI=1S/C15H20N4O2/c16-7-10-5-6-19(8-10)9-13-14(15(20)18-17)11-3-1-2-4-12(11)21-13/h1-4,10H,5-9,16-17H2,(H,18,20). The van der Waals surface area contributed by atoms with Gasteiger partial charge < -0.3 is 10.2 Å². The third-order valence-electron chi connectivity index (χ3n) is 4.10. The SMILES string of the molecule is NCC1CCN(Cc2oc3ccccc3c2C(=O)NN)C1. The van der Waals surface area contributed by atoms with Crippen LogP contribution in [-0.2, 0) is 6.54 Å². The van der Waals surface area contributed by atoms with Crippen molar-refractivity contribution in [3.63, 3.8) is 0 Å². The average Bonchev–Trinajstić information content (AvgIpc) is 3.10. The number of benzene rings is 1. The molecule has 0 bridgehead atoms. The zero-order valence-electron chi connectivity index (χ0n) is 11.8. The molecule has 112 valence electrons. The zero-order chi connectivity index (χ0) is 14.8. The van der Waals surface area contributed by atoms with Crippen molar-refractivity contribution in [2.75, 3.05) is 19.6 Å². The van der Waals surface area contributed by atoms with Gasteiger partial charge >= 0.3 is 0 Å². The number of hydrogen-bond donors (Lipinski definition) is 3. The van der Waals surface area contributed by atoms with Gasteiger partial charge in [0, 0.05) is 11.9 Å². The number of furan rings is 1. The number of carbonyl (C=O) groups excluding carboxylic acids is 1. The smallest absolute Gasteiger partial charge is 0.269 e. The lowest BCUT2D eigenvalue weighted by atomic mass is 10.1. The highest BCUT2D eigenvalue weighted by Gasteiger charge is 2.26. The topological polar surface area (TPSA) is 97.5 Å². The molecule has 1 fully saturated rings. The van der Waals surface area contributed by atoms with Crippen LogP contribution in [0.1, 0.15) is 22.5 Å². The highest BCUT2D eigenvalue weighted by Crippen LogP contribution is 2.28. The summed E-state index contributed by atoms with van der Waals surface area (Å²) in [6, 6.07) is 7.51. The summed E-state index contributed by atoms with van der Waals surface area (Å²) in [5, 5.41) is 0.796. The largest absolute Gasteiger partial charge is 0.459 e. The maximum atomic E-state index is 12.1. The second-order valence-corrected chi connectivity index (χ2v) is 5.50. The Kier molecular flexibility index (Phi) is 3.92. The molecule has 2 aromatic rings. The van der Waals surface area contributed by atoms with Crippen LogP contribution in [0.2, 0.25) is 0 Å². The first-order valence-electron chi connectivity index (χ1n) is 7.16. The number of fused-ring (bicyclic) bond motifs is 1. The predicted molar refractivity (Wildman–Crippen MR) is 80.3 cm³/mol. The molecular formula is C15H20N4O2. The number of nitrogens with two attached hydrogens (primary N) is 2. The number of hydrogen-bond acceptors (Lipinski definition) is 5. The Morgan fingerprint density at radius 1 is 1.43 bits per heavy atom. The molecule has 1 amide bonds. The van der Waals surface area contributed by atoms with E-state index in [2.05, 4.69) is 10.3 Å². The van der Waals surface area contributed by atoms with Gasteiger partial charge in [-0.15, -0.1) is 0 Å². The number of amides is 1. The van der Waals surface area contributed by atoms with Gasteiger partial charge in [-0.25, -0.2) is 5.84 Å². The lowest BCUT2D eigenvalue weighted by Gasteiger charge is -2.14. The Labute approximate surface area is 123 Å². The van der Waals surface area contributed by atoms with Crippen LogP contribution in [0.5, 0.6) is 0 Å². The number of likely N-dealkylation sites (tertiary alicyclic amines) is 1. The van der Waals surface area contributed by atoms with Crippen LogP contribution in [0.4, 0.5) is 0 Å². The summed E-state index contributed by atoms with van der Waals surface area (Å²) in [4.78, 5) is 14.3. The predicted octanol–water partition coefficient (Wildman–Crippen LogP) is 0.817. The van der Waals surface area contributed by atoms with Gasteiger partial charge in [-0.05, 0) is 31.5 Å². The maximum Gasteiger partial charge on any atom is 0.269 e. The molecule has 1 unspecified atom stereocenters. The molecule has 3 rings (SSSR count). The van der Waals surface area contributed by atoms with Crippen LogP contribution in [0.25, 0.3) is 11.0 Å². The first-order chi connectivity index (χ1) is 10.2. The van der Waals surface area contributed by atoms with Crippen molar-refractivity contribution < 1.29 is 9.21 Å². The molecule has 0 saturated carbocycles. The van der Waals surface area contributed by atoms with Crippen molar-refractivity contribution in [1.29, 1.82) is 0 Å². The van der Waals surface area contributed by atoms with E-state index < -0.39 is 0 Å². The number of rotatable bonds is 4. The fraction of sp³-hybridized carbons (Fsp3) is 0.400. The molecule has 1 aromatic heterocycles. The summed E-state index contributed by atoms with van der Waals surface area (Å²) in [5.74, 6) is 6.18. The normalized spacial score (nSPS) is 19.2. The summed E-state index contributed by atoms with van der Waals surface area (Å²) in [7, 11) is 0. The van der Waals surface area contributed by atoms with E-state index in [1.807, 2.05) is 24.3 Å². The number of carbonyl (C=O) groups is 1. The van der Waals surface area contributed by atoms with E-state index in [0.29, 0.717) is 35.9 Å². The zero-order valence-corrected chi connectivity index (χ0v) is 11.8. The minimum atomic E-state index is -0.315. The summed E-state index contributed by atoms with van der Waals surface area (Å²) in [6.07, 6.45) is 1.09. The third-order valence-corrected chi connectivity index (χ3v) is 4.10. The molecule has 1 aromatic carbocycles.